The highest BCUT2D eigenvalue weighted by atomic mass is 35.5. The van der Waals surface area contributed by atoms with Gasteiger partial charge in [-0.2, -0.15) is 4.72 Å². The van der Waals surface area contributed by atoms with E-state index in [2.05, 4.69) is 4.72 Å². The lowest BCUT2D eigenvalue weighted by atomic mass is 9.99. The van der Waals surface area contributed by atoms with Gasteiger partial charge in [0.2, 0.25) is 10.0 Å². The topological polar surface area (TPSA) is 103 Å². The average Bonchev–Trinajstić information content (AvgIpc) is 2.83. The number of benzene rings is 3. The van der Waals surface area contributed by atoms with Gasteiger partial charge in [0.25, 0.3) is 0 Å². The smallest absolute Gasteiger partial charge is 0.340 e. The molecule has 0 spiro atoms. The predicted octanol–water partition coefficient (Wildman–Crippen LogP) is 4.93. The number of fused-ring (bicyclic) bond motifs is 1. The third kappa shape index (κ3) is 5.51. The highest BCUT2D eigenvalue weighted by molar-refractivity contribution is 7.89. The van der Waals surface area contributed by atoms with Gasteiger partial charge >= 0.3 is 11.6 Å². The number of nitrogens with one attached hydrogen (secondary N) is 1. The number of hydrogen-bond acceptors (Lipinski definition) is 6. The predicted molar refractivity (Wildman–Crippen MR) is 138 cm³/mol. The minimum Gasteiger partial charge on any atom is -0.424 e. The quantitative estimate of drug-likeness (QED) is 0.208. The summed E-state index contributed by atoms with van der Waals surface area (Å²) >= 11 is 6.38. The van der Waals surface area contributed by atoms with Crippen LogP contribution in [0, 0.1) is 13.8 Å². The monoisotopic (exact) mass is 525 g/mol. The van der Waals surface area contributed by atoms with Gasteiger partial charge in [-0.25, -0.2) is 18.0 Å². The largest absolute Gasteiger partial charge is 0.424 e. The van der Waals surface area contributed by atoms with Gasteiger partial charge < -0.3 is 9.15 Å². The van der Waals surface area contributed by atoms with Crippen LogP contribution in [0.1, 0.15) is 29.2 Å². The number of sulfonamides is 1. The average molecular weight is 526 g/mol. The van der Waals surface area contributed by atoms with E-state index < -0.39 is 27.7 Å². The molecule has 4 rings (SSSR count). The first-order valence-electron chi connectivity index (χ1n) is 11.2. The van der Waals surface area contributed by atoms with Crippen molar-refractivity contribution >= 4 is 38.6 Å². The number of hydrogen-bond donors (Lipinski definition) is 1. The van der Waals surface area contributed by atoms with Crippen molar-refractivity contribution in [1.82, 2.24) is 4.72 Å². The number of carbonyl (C=O) groups excluding carboxylic acids is 1. The lowest BCUT2D eigenvalue weighted by molar-refractivity contribution is -0.135. The normalized spacial score (nSPS) is 12.4. The van der Waals surface area contributed by atoms with E-state index in [0.717, 1.165) is 11.1 Å². The SMILES string of the molecule is Cc1ccc(S(=O)(=O)N[C@@H](C)C(=O)Oc2cc3oc(=O)c(Cc4ccccc4)c(C)c3cc2Cl)cc1. The Morgan fingerprint density at radius 2 is 1.72 bits per heavy atom. The van der Waals surface area contributed by atoms with E-state index in [-0.39, 0.29) is 21.3 Å². The molecule has 0 aliphatic rings. The zero-order valence-corrected chi connectivity index (χ0v) is 21.4. The van der Waals surface area contributed by atoms with Crippen LogP contribution in [0.3, 0.4) is 0 Å². The third-order valence-corrected chi connectivity index (χ3v) is 7.64. The van der Waals surface area contributed by atoms with E-state index >= 15 is 0 Å². The molecule has 0 fully saturated rings. The van der Waals surface area contributed by atoms with Crippen molar-refractivity contribution in [1.29, 1.82) is 0 Å². The Morgan fingerprint density at radius 1 is 1.06 bits per heavy atom. The van der Waals surface area contributed by atoms with Gasteiger partial charge in [0.05, 0.1) is 9.92 Å². The zero-order chi connectivity index (χ0) is 26.0. The fraction of sp³-hybridized carbons (Fsp3) is 0.185. The minimum atomic E-state index is -3.94. The standard InChI is InChI=1S/C27H24ClNO6S/c1-16-9-11-20(12-10-16)36(32,33)29-18(3)26(30)35-25-15-24-21(14-23(25)28)17(2)22(27(31)34-24)13-19-7-5-4-6-8-19/h4-12,14-15,18,29H,13H2,1-3H3/t18-/m0/s1. The first-order valence-corrected chi connectivity index (χ1v) is 13.0. The maximum absolute atomic E-state index is 12.7. The van der Waals surface area contributed by atoms with E-state index in [1.807, 2.05) is 44.2 Å². The third-order valence-electron chi connectivity index (χ3n) is 5.79. The molecule has 1 heterocycles. The van der Waals surface area contributed by atoms with Crippen LogP contribution in [-0.4, -0.2) is 20.4 Å². The van der Waals surface area contributed by atoms with E-state index in [4.69, 9.17) is 20.8 Å². The molecule has 0 aliphatic carbocycles. The maximum Gasteiger partial charge on any atom is 0.340 e. The molecule has 1 aromatic heterocycles. The molecule has 1 atom stereocenters. The van der Waals surface area contributed by atoms with E-state index in [1.165, 1.54) is 25.1 Å². The Labute approximate surface area is 213 Å². The molecule has 1 N–H and O–H groups in total. The summed E-state index contributed by atoms with van der Waals surface area (Å²) in [7, 11) is -3.94. The first-order chi connectivity index (χ1) is 17.0. The van der Waals surface area contributed by atoms with Gasteiger partial charge in [-0.3, -0.25) is 0 Å². The molecular weight excluding hydrogens is 502 g/mol. The van der Waals surface area contributed by atoms with Crippen LogP contribution < -0.4 is 15.1 Å². The zero-order valence-electron chi connectivity index (χ0n) is 19.9. The summed E-state index contributed by atoms with van der Waals surface area (Å²) in [5, 5.41) is 0.727. The van der Waals surface area contributed by atoms with Crippen LogP contribution >= 0.6 is 11.6 Å². The molecular formula is C27H24ClNO6S. The number of rotatable bonds is 7. The van der Waals surface area contributed by atoms with Crippen LogP contribution in [0.5, 0.6) is 5.75 Å². The minimum absolute atomic E-state index is 0.0278. The van der Waals surface area contributed by atoms with E-state index in [1.54, 1.807) is 18.2 Å². The Morgan fingerprint density at radius 3 is 2.39 bits per heavy atom. The summed E-state index contributed by atoms with van der Waals surface area (Å²) < 4.78 is 38.4. The molecule has 0 aliphatic heterocycles. The highest BCUT2D eigenvalue weighted by Crippen LogP contribution is 2.32. The molecule has 7 nitrogen and oxygen atoms in total. The van der Waals surface area contributed by atoms with Crippen LogP contribution in [0.25, 0.3) is 11.0 Å². The molecule has 0 bridgehead atoms. The fourth-order valence-corrected chi connectivity index (χ4v) is 5.13. The summed E-state index contributed by atoms with van der Waals surface area (Å²) in [5.41, 5.74) is 2.79. The Kier molecular flexibility index (Phi) is 7.31. The van der Waals surface area contributed by atoms with Crippen LogP contribution in [0.2, 0.25) is 5.02 Å². The van der Waals surface area contributed by atoms with E-state index in [0.29, 0.717) is 22.9 Å². The van der Waals surface area contributed by atoms with Gasteiger partial charge in [0.15, 0.2) is 5.75 Å². The fourth-order valence-electron chi connectivity index (χ4n) is 3.74. The van der Waals surface area contributed by atoms with Gasteiger partial charge in [0.1, 0.15) is 11.6 Å². The molecule has 36 heavy (non-hydrogen) atoms. The second-order valence-corrected chi connectivity index (χ2v) is 10.6. The first kappa shape index (κ1) is 25.6. The van der Waals surface area contributed by atoms with Crippen molar-refractivity contribution < 1.29 is 22.4 Å². The maximum atomic E-state index is 12.7. The Hall–Kier alpha value is -3.46. The van der Waals surface area contributed by atoms with Crippen molar-refractivity contribution in [3.05, 3.63) is 104 Å². The Balaban J connectivity index is 1.57. The van der Waals surface area contributed by atoms with Crippen LogP contribution in [0.4, 0.5) is 0 Å². The van der Waals surface area contributed by atoms with Crippen LogP contribution in [0.15, 0.2) is 80.8 Å². The number of carbonyl (C=O) groups is 1. The molecule has 0 saturated carbocycles. The lowest BCUT2D eigenvalue weighted by Crippen LogP contribution is -2.40. The van der Waals surface area contributed by atoms with Gasteiger partial charge in [-0.05, 0) is 50.1 Å². The molecule has 0 unspecified atom stereocenters. The van der Waals surface area contributed by atoms with Crippen molar-refractivity contribution in [2.75, 3.05) is 0 Å². The number of aryl methyl sites for hydroxylation is 2. The molecule has 0 amide bonds. The number of halogens is 1. The van der Waals surface area contributed by atoms with Gasteiger partial charge in [0, 0.05) is 23.4 Å². The summed E-state index contributed by atoms with van der Waals surface area (Å²) in [4.78, 5) is 25.4. The summed E-state index contributed by atoms with van der Waals surface area (Å²) in [6, 6.07) is 17.5. The Bertz CT molecular complexity index is 1600. The molecule has 9 heteroatoms. The number of esters is 1. The lowest BCUT2D eigenvalue weighted by Gasteiger charge is -2.15. The van der Waals surface area contributed by atoms with Crippen molar-refractivity contribution in [2.24, 2.45) is 0 Å². The highest BCUT2D eigenvalue weighted by Gasteiger charge is 2.25. The second-order valence-electron chi connectivity index (χ2n) is 8.51. The summed E-state index contributed by atoms with van der Waals surface area (Å²) in [5.74, 6) is -0.916. The van der Waals surface area contributed by atoms with Gasteiger partial charge in [-0.1, -0.05) is 59.6 Å². The van der Waals surface area contributed by atoms with Crippen molar-refractivity contribution in [2.45, 2.75) is 38.1 Å². The second kappa shape index (κ2) is 10.3. The molecule has 186 valence electrons. The van der Waals surface area contributed by atoms with Crippen molar-refractivity contribution in [3.8, 4) is 5.75 Å². The van der Waals surface area contributed by atoms with Gasteiger partial charge in [-0.15, -0.1) is 0 Å². The van der Waals surface area contributed by atoms with Crippen LogP contribution in [-0.2, 0) is 21.2 Å². The summed E-state index contributed by atoms with van der Waals surface area (Å²) in [6.45, 7) is 5.01. The summed E-state index contributed by atoms with van der Waals surface area (Å²) in [6.07, 6.45) is 0.401. The molecule has 0 radical (unpaired) electrons. The molecule has 3 aromatic carbocycles. The molecule has 4 aromatic rings. The van der Waals surface area contributed by atoms with E-state index in [9.17, 15) is 18.0 Å². The molecule has 0 saturated heterocycles. The van der Waals surface area contributed by atoms with Crippen molar-refractivity contribution in [3.63, 3.8) is 0 Å². The number of ether oxygens (including phenoxy) is 1.